The molecular formula is C22H19N5O3S. The highest BCUT2D eigenvalue weighted by Crippen LogP contribution is 2.29. The molecule has 0 saturated carbocycles. The molecular weight excluding hydrogens is 414 g/mol. The Bertz CT molecular complexity index is 1290. The van der Waals surface area contributed by atoms with E-state index >= 15 is 0 Å². The van der Waals surface area contributed by atoms with Gasteiger partial charge in [0.15, 0.2) is 22.6 Å². The molecule has 4 rings (SSSR count). The average Bonchev–Trinajstić information content (AvgIpc) is 2.78. The Kier molecular flexibility index (Phi) is 5.61. The molecule has 1 heterocycles. The predicted octanol–water partition coefficient (Wildman–Crippen LogP) is 3.78. The molecule has 4 N–H and O–H groups in total. The fourth-order valence-corrected chi connectivity index (χ4v) is 3.82. The lowest BCUT2D eigenvalue weighted by molar-refractivity contribution is 0.0697. The summed E-state index contributed by atoms with van der Waals surface area (Å²) in [5.74, 6) is 5.60. The van der Waals surface area contributed by atoms with Gasteiger partial charge in [0.1, 0.15) is 0 Å². The van der Waals surface area contributed by atoms with Gasteiger partial charge in [-0.3, -0.25) is 0 Å². The third-order valence-electron chi connectivity index (χ3n) is 4.53. The second-order valence-corrected chi connectivity index (χ2v) is 8.15. The van der Waals surface area contributed by atoms with Crippen molar-refractivity contribution >= 4 is 45.3 Å². The zero-order valence-electron chi connectivity index (χ0n) is 16.5. The van der Waals surface area contributed by atoms with Crippen LogP contribution in [0.1, 0.15) is 15.9 Å². The lowest BCUT2D eigenvalue weighted by Crippen LogP contribution is -2.34. The Hall–Kier alpha value is -3.82. The van der Waals surface area contributed by atoms with Crippen LogP contribution in [0.5, 0.6) is 0 Å². The molecule has 3 aromatic carbocycles. The number of para-hydroxylation sites is 2. The smallest absolute Gasteiger partial charge is 0.335 e. The van der Waals surface area contributed by atoms with E-state index in [-0.39, 0.29) is 17.2 Å². The molecule has 8 nitrogen and oxygen atoms in total. The van der Waals surface area contributed by atoms with E-state index in [1.54, 1.807) is 36.4 Å². The number of anilines is 3. The number of benzene rings is 3. The Balaban J connectivity index is 1.77. The number of aromatic nitrogens is 2. The van der Waals surface area contributed by atoms with Crippen LogP contribution in [-0.4, -0.2) is 25.3 Å². The first-order valence-electron chi connectivity index (χ1n) is 9.33. The molecule has 0 fully saturated rings. The summed E-state index contributed by atoms with van der Waals surface area (Å²) in [5.41, 5.74) is 2.83. The number of nitrogens with two attached hydrogens (primary N) is 1. The molecule has 1 aromatic heterocycles. The molecule has 156 valence electrons. The number of aryl methyl sites for hydroxylation is 1. The van der Waals surface area contributed by atoms with E-state index in [1.165, 1.54) is 12.1 Å². The van der Waals surface area contributed by atoms with Crippen molar-refractivity contribution in [3.8, 4) is 0 Å². The number of carboxylic acid groups (broad SMARTS) is 1. The van der Waals surface area contributed by atoms with Gasteiger partial charge in [-0.25, -0.2) is 29.2 Å². The molecule has 9 heteroatoms. The second kappa shape index (κ2) is 8.50. The normalized spacial score (nSPS) is 11.8. The molecule has 0 amide bonds. The molecule has 1 atom stereocenters. The highest BCUT2D eigenvalue weighted by Gasteiger charge is 2.20. The number of carboxylic acids is 1. The van der Waals surface area contributed by atoms with Crippen LogP contribution in [0.25, 0.3) is 11.0 Å². The molecule has 4 aromatic rings. The number of aromatic carboxylic acids is 1. The molecule has 0 bridgehead atoms. The van der Waals surface area contributed by atoms with Gasteiger partial charge in [-0.1, -0.05) is 35.9 Å². The monoisotopic (exact) mass is 433 g/mol. The average molecular weight is 433 g/mol. The Labute approximate surface area is 180 Å². The molecule has 1 unspecified atom stereocenters. The molecule has 0 aliphatic rings. The van der Waals surface area contributed by atoms with Gasteiger partial charge >= 0.3 is 5.97 Å². The third kappa shape index (κ3) is 4.37. The van der Waals surface area contributed by atoms with Crippen molar-refractivity contribution in [2.75, 3.05) is 9.73 Å². The summed E-state index contributed by atoms with van der Waals surface area (Å²) in [7, 11) is -1.74. The topological polar surface area (TPSA) is 121 Å². The van der Waals surface area contributed by atoms with Crippen LogP contribution in [0.4, 0.5) is 17.3 Å². The summed E-state index contributed by atoms with van der Waals surface area (Å²) in [6.45, 7) is 1.94. The van der Waals surface area contributed by atoms with Crippen molar-refractivity contribution < 1.29 is 14.1 Å². The fourth-order valence-electron chi connectivity index (χ4n) is 2.94. The van der Waals surface area contributed by atoms with E-state index in [1.807, 2.05) is 31.2 Å². The van der Waals surface area contributed by atoms with Crippen LogP contribution < -0.4 is 15.6 Å². The van der Waals surface area contributed by atoms with Gasteiger partial charge in [0, 0.05) is 5.69 Å². The number of nitrogens with zero attached hydrogens (tertiary/aromatic N) is 3. The molecule has 0 spiro atoms. The number of nitrogens with one attached hydrogen (secondary N) is 1. The molecule has 0 aliphatic heterocycles. The van der Waals surface area contributed by atoms with Crippen LogP contribution in [0.3, 0.4) is 0 Å². The van der Waals surface area contributed by atoms with Crippen molar-refractivity contribution in [3.63, 3.8) is 0 Å². The third-order valence-corrected chi connectivity index (χ3v) is 5.74. The minimum Gasteiger partial charge on any atom is -0.478 e. The van der Waals surface area contributed by atoms with E-state index in [9.17, 15) is 14.1 Å². The maximum absolute atomic E-state index is 13.1. The largest absolute Gasteiger partial charge is 0.478 e. The number of hydrogen-bond donors (Lipinski definition) is 3. The van der Waals surface area contributed by atoms with Gasteiger partial charge in [-0.15, -0.1) is 0 Å². The standard InChI is InChI=1S/C22H19N5O3S/c1-14-9-11-17(12-10-14)31(30)27(23)21-20(25-18-7-2-3-8-19(18)26-21)24-16-6-4-5-15(13-16)22(28)29/h2-13H,23H2,1H3,(H,24,25)(H,28,29). The summed E-state index contributed by atoms with van der Waals surface area (Å²) in [4.78, 5) is 21.0. The summed E-state index contributed by atoms with van der Waals surface area (Å²) in [6, 6.07) is 20.7. The lowest BCUT2D eigenvalue weighted by Gasteiger charge is -2.20. The van der Waals surface area contributed by atoms with E-state index in [2.05, 4.69) is 15.3 Å². The first kappa shape index (κ1) is 20.5. The lowest BCUT2D eigenvalue weighted by atomic mass is 10.2. The van der Waals surface area contributed by atoms with Crippen molar-refractivity contribution in [1.82, 2.24) is 9.97 Å². The predicted molar refractivity (Wildman–Crippen MR) is 120 cm³/mol. The number of hydrazine groups is 1. The molecule has 0 saturated heterocycles. The molecule has 0 radical (unpaired) electrons. The van der Waals surface area contributed by atoms with Gasteiger partial charge in [0.2, 0.25) is 0 Å². The number of fused-ring (bicyclic) bond motifs is 1. The summed E-state index contributed by atoms with van der Waals surface area (Å²) in [5, 5.41) is 12.3. The SMILES string of the molecule is Cc1ccc(S(=O)N(N)c2nc3ccccc3nc2Nc2cccc(C(=O)O)c2)cc1. The minimum atomic E-state index is -1.74. The summed E-state index contributed by atoms with van der Waals surface area (Å²) < 4.78 is 14.1. The number of rotatable bonds is 6. The molecule has 0 aliphatic carbocycles. The van der Waals surface area contributed by atoms with Gasteiger partial charge in [-0.05, 0) is 49.4 Å². The second-order valence-electron chi connectivity index (χ2n) is 6.78. The van der Waals surface area contributed by atoms with Crippen molar-refractivity contribution in [3.05, 3.63) is 83.9 Å². The number of carbonyl (C=O) groups is 1. The van der Waals surface area contributed by atoms with Crippen LogP contribution in [0.15, 0.2) is 77.7 Å². The van der Waals surface area contributed by atoms with Gasteiger partial charge < -0.3 is 10.4 Å². The zero-order chi connectivity index (χ0) is 22.0. The maximum atomic E-state index is 13.1. The maximum Gasteiger partial charge on any atom is 0.335 e. The first-order chi connectivity index (χ1) is 14.9. The first-order valence-corrected chi connectivity index (χ1v) is 10.4. The van der Waals surface area contributed by atoms with Gasteiger partial charge in [0.25, 0.3) is 0 Å². The van der Waals surface area contributed by atoms with Crippen molar-refractivity contribution in [2.45, 2.75) is 11.8 Å². The fraction of sp³-hybridized carbons (Fsp3) is 0.0455. The van der Waals surface area contributed by atoms with E-state index in [4.69, 9.17) is 5.84 Å². The van der Waals surface area contributed by atoms with Crippen molar-refractivity contribution in [1.29, 1.82) is 0 Å². The highest BCUT2D eigenvalue weighted by atomic mass is 32.2. The van der Waals surface area contributed by atoms with Crippen LogP contribution in [-0.2, 0) is 11.0 Å². The summed E-state index contributed by atoms with van der Waals surface area (Å²) in [6.07, 6.45) is 0. The Morgan fingerprint density at radius 3 is 2.35 bits per heavy atom. The van der Waals surface area contributed by atoms with Gasteiger partial charge in [0.05, 0.1) is 21.5 Å². The van der Waals surface area contributed by atoms with E-state index in [0.29, 0.717) is 21.6 Å². The van der Waals surface area contributed by atoms with Gasteiger partial charge in [-0.2, -0.15) is 0 Å². The number of hydrogen-bond acceptors (Lipinski definition) is 6. The molecule has 31 heavy (non-hydrogen) atoms. The Morgan fingerprint density at radius 2 is 1.68 bits per heavy atom. The summed E-state index contributed by atoms with van der Waals surface area (Å²) >= 11 is 0. The Morgan fingerprint density at radius 1 is 1.00 bits per heavy atom. The van der Waals surface area contributed by atoms with Crippen LogP contribution >= 0.6 is 0 Å². The van der Waals surface area contributed by atoms with Crippen molar-refractivity contribution in [2.24, 2.45) is 5.84 Å². The van der Waals surface area contributed by atoms with Crippen LogP contribution in [0, 0.1) is 6.92 Å². The van der Waals surface area contributed by atoms with E-state index in [0.717, 1.165) is 9.98 Å². The highest BCUT2D eigenvalue weighted by molar-refractivity contribution is 7.86. The minimum absolute atomic E-state index is 0.119. The zero-order valence-corrected chi connectivity index (χ0v) is 17.3. The quantitative estimate of drug-likeness (QED) is 0.312. The van der Waals surface area contributed by atoms with E-state index < -0.39 is 17.0 Å². The van der Waals surface area contributed by atoms with Crippen LogP contribution in [0.2, 0.25) is 0 Å².